The number of nitrogens with zero attached hydrogens (tertiary/aromatic N) is 1. The number of carboxylic acid groups (broad SMARTS) is 1. The van der Waals surface area contributed by atoms with Crippen molar-refractivity contribution in [1.82, 2.24) is 4.98 Å². The van der Waals surface area contributed by atoms with Crippen LogP contribution >= 0.6 is 0 Å². The Balaban J connectivity index is 2.09. The maximum atomic E-state index is 13.3. The van der Waals surface area contributed by atoms with Crippen molar-refractivity contribution in [3.8, 4) is 5.88 Å². The number of aromatic nitrogens is 1. The number of carboxylic acids is 1. The molecule has 0 fully saturated rings. The first-order valence-electron chi connectivity index (χ1n) is 5.23. The molecule has 18 heavy (non-hydrogen) atoms. The lowest BCUT2D eigenvalue weighted by molar-refractivity contribution is 0.0689. The highest BCUT2D eigenvalue weighted by atomic mass is 19.1. The van der Waals surface area contributed by atoms with E-state index < -0.39 is 5.97 Å². The molecule has 0 bridgehead atoms. The molecule has 0 amide bonds. The van der Waals surface area contributed by atoms with Crippen LogP contribution < -0.4 is 4.74 Å². The largest absolute Gasteiger partial charge is 0.477 e. The van der Waals surface area contributed by atoms with Crippen molar-refractivity contribution in [2.45, 2.75) is 6.61 Å². The summed E-state index contributed by atoms with van der Waals surface area (Å²) < 4.78 is 18.6. The van der Waals surface area contributed by atoms with E-state index in [9.17, 15) is 9.18 Å². The first-order valence-corrected chi connectivity index (χ1v) is 5.23. The van der Waals surface area contributed by atoms with Gasteiger partial charge in [0.05, 0.1) is 0 Å². The third-order valence-corrected chi connectivity index (χ3v) is 2.28. The molecule has 4 nitrogen and oxygen atoms in total. The number of halogens is 1. The molecule has 0 aliphatic carbocycles. The minimum Gasteiger partial charge on any atom is -0.477 e. The molecule has 0 spiro atoms. The first kappa shape index (κ1) is 12.0. The summed E-state index contributed by atoms with van der Waals surface area (Å²) in [7, 11) is 0. The molecule has 2 aromatic rings. The number of aromatic carboxylic acids is 1. The Morgan fingerprint density at radius 3 is 2.72 bits per heavy atom. The van der Waals surface area contributed by atoms with E-state index in [1.807, 2.05) is 0 Å². The van der Waals surface area contributed by atoms with Crippen LogP contribution in [0.15, 0.2) is 42.5 Å². The summed E-state index contributed by atoms with van der Waals surface area (Å²) in [4.78, 5) is 14.5. The van der Waals surface area contributed by atoms with E-state index >= 15 is 0 Å². The zero-order valence-corrected chi connectivity index (χ0v) is 9.34. The number of carbonyl (C=O) groups is 1. The van der Waals surface area contributed by atoms with Crippen LogP contribution in [0.2, 0.25) is 0 Å². The summed E-state index contributed by atoms with van der Waals surface area (Å²) in [5.74, 6) is -1.35. The Hall–Kier alpha value is -2.43. The van der Waals surface area contributed by atoms with Gasteiger partial charge in [0, 0.05) is 11.6 Å². The van der Waals surface area contributed by atoms with Crippen LogP contribution in [-0.2, 0) is 6.61 Å². The van der Waals surface area contributed by atoms with Crippen molar-refractivity contribution in [2.75, 3.05) is 0 Å². The standard InChI is InChI=1S/C13H10FNO3/c14-10-5-2-1-4-9(10)8-18-12-7-3-6-11(15-12)13(16)17/h1-7H,8H2,(H,16,17). The molecule has 5 heteroatoms. The van der Waals surface area contributed by atoms with Gasteiger partial charge in [-0.3, -0.25) is 0 Å². The smallest absolute Gasteiger partial charge is 0.354 e. The fourth-order valence-electron chi connectivity index (χ4n) is 1.38. The van der Waals surface area contributed by atoms with Crippen LogP contribution in [0.1, 0.15) is 16.1 Å². The van der Waals surface area contributed by atoms with Crippen LogP contribution in [0.5, 0.6) is 5.88 Å². The molecule has 0 radical (unpaired) electrons. The van der Waals surface area contributed by atoms with Crippen molar-refractivity contribution in [3.63, 3.8) is 0 Å². The van der Waals surface area contributed by atoms with Crippen LogP contribution in [0, 0.1) is 5.82 Å². The molecule has 0 aliphatic heterocycles. The van der Waals surface area contributed by atoms with Gasteiger partial charge in [-0.05, 0) is 12.1 Å². The molecule has 0 unspecified atom stereocenters. The van der Waals surface area contributed by atoms with E-state index in [1.165, 1.54) is 24.3 Å². The van der Waals surface area contributed by atoms with Gasteiger partial charge in [0.15, 0.2) is 5.69 Å². The number of benzene rings is 1. The van der Waals surface area contributed by atoms with E-state index in [-0.39, 0.29) is 24.0 Å². The second-order valence-corrected chi connectivity index (χ2v) is 3.55. The Kier molecular flexibility index (Phi) is 3.52. The highest BCUT2D eigenvalue weighted by molar-refractivity contribution is 5.85. The third kappa shape index (κ3) is 2.82. The second-order valence-electron chi connectivity index (χ2n) is 3.55. The Labute approximate surface area is 103 Å². The van der Waals surface area contributed by atoms with Gasteiger partial charge in [0.2, 0.25) is 5.88 Å². The summed E-state index contributed by atoms with van der Waals surface area (Å²) in [5, 5.41) is 8.76. The number of pyridine rings is 1. The fourth-order valence-corrected chi connectivity index (χ4v) is 1.38. The molecule has 0 aliphatic rings. The van der Waals surface area contributed by atoms with Crippen LogP contribution in [0.4, 0.5) is 4.39 Å². The van der Waals surface area contributed by atoms with Crippen LogP contribution in [0.25, 0.3) is 0 Å². The predicted molar refractivity (Wildman–Crippen MR) is 61.9 cm³/mol. The maximum absolute atomic E-state index is 13.3. The molecular weight excluding hydrogens is 237 g/mol. The molecule has 92 valence electrons. The summed E-state index contributed by atoms with van der Waals surface area (Å²) in [5.41, 5.74) is 0.279. The molecule has 2 rings (SSSR count). The maximum Gasteiger partial charge on any atom is 0.354 e. The monoisotopic (exact) mass is 247 g/mol. The van der Waals surface area contributed by atoms with Crippen LogP contribution in [0.3, 0.4) is 0 Å². The number of hydrogen-bond acceptors (Lipinski definition) is 3. The quantitative estimate of drug-likeness (QED) is 0.901. The Morgan fingerprint density at radius 1 is 1.22 bits per heavy atom. The van der Waals surface area contributed by atoms with E-state index in [2.05, 4.69) is 4.98 Å². The van der Waals surface area contributed by atoms with Crippen molar-refractivity contribution >= 4 is 5.97 Å². The van der Waals surface area contributed by atoms with Gasteiger partial charge < -0.3 is 9.84 Å². The molecule has 0 saturated carbocycles. The minimum absolute atomic E-state index is 0.00272. The van der Waals surface area contributed by atoms with Crippen molar-refractivity contribution < 1.29 is 19.0 Å². The number of rotatable bonds is 4. The minimum atomic E-state index is -1.13. The molecule has 1 aromatic carbocycles. The summed E-state index contributed by atoms with van der Waals surface area (Å²) >= 11 is 0. The molecule has 0 saturated heterocycles. The third-order valence-electron chi connectivity index (χ3n) is 2.28. The highest BCUT2D eigenvalue weighted by Gasteiger charge is 2.07. The lowest BCUT2D eigenvalue weighted by Gasteiger charge is -2.06. The normalized spacial score (nSPS) is 10.1. The molecule has 0 atom stereocenters. The average molecular weight is 247 g/mol. The van der Waals surface area contributed by atoms with Gasteiger partial charge in [0.1, 0.15) is 12.4 Å². The molecule has 1 N–H and O–H groups in total. The molecule has 1 heterocycles. The molecular formula is C13H10FNO3. The topological polar surface area (TPSA) is 59.4 Å². The van der Waals surface area contributed by atoms with Gasteiger partial charge >= 0.3 is 5.97 Å². The fraction of sp³-hybridized carbons (Fsp3) is 0.0769. The van der Waals surface area contributed by atoms with Gasteiger partial charge in [-0.2, -0.15) is 0 Å². The first-order chi connectivity index (χ1) is 8.66. The summed E-state index contributed by atoms with van der Waals surface area (Å²) in [6.45, 7) is 0.00272. The lowest BCUT2D eigenvalue weighted by atomic mass is 10.2. The Morgan fingerprint density at radius 2 is 2.00 bits per heavy atom. The molecule has 1 aromatic heterocycles. The van der Waals surface area contributed by atoms with Crippen molar-refractivity contribution in [1.29, 1.82) is 0 Å². The van der Waals surface area contributed by atoms with E-state index in [1.54, 1.807) is 18.2 Å². The van der Waals surface area contributed by atoms with Gasteiger partial charge in [0.25, 0.3) is 0 Å². The van der Waals surface area contributed by atoms with Gasteiger partial charge in [-0.15, -0.1) is 0 Å². The lowest BCUT2D eigenvalue weighted by Crippen LogP contribution is -2.04. The van der Waals surface area contributed by atoms with Gasteiger partial charge in [-0.1, -0.05) is 24.3 Å². The predicted octanol–water partition coefficient (Wildman–Crippen LogP) is 2.50. The van der Waals surface area contributed by atoms with Crippen LogP contribution in [-0.4, -0.2) is 16.1 Å². The number of ether oxygens (including phenoxy) is 1. The number of hydrogen-bond donors (Lipinski definition) is 1. The SMILES string of the molecule is O=C(O)c1cccc(OCc2ccccc2F)n1. The Bertz CT molecular complexity index is 572. The highest BCUT2D eigenvalue weighted by Crippen LogP contribution is 2.12. The second kappa shape index (κ2) is 5.27. The van der Waals surface area contributed by atoms with E-state index in [4.69, 9.17) is 9.84 Å². The van der Waals surface area contributed by atoms with E-state index in [0.29, 0.717) is 5.56 Å². The average Bonchev–Trinajstić information content (AvgIpc) is 2.38. The van der Waals surface area contributed by atoms with Gasteiger partial charge in [-0.25, -0.2) is 14.2 Å². The van der Waals surface area contributed by atoms with Crippen molar-refractivity contribution in [3.05, 3.63) is 59.5 Å². The zero-order chi connectivity index (χ0) is 13.0. The summed E-state index contributed by atoms with van der Waals surface area (Å²) in [6.07, 6.45) is 0. The van der Waals surface area contributed by atoms with E-state index in [0.717, 1.165) is 0 Å². The summed E-state index contributed by atoms with van der Waals surface area (Å²) in [6, 6.07) is 10.6. The zero-order valence-electron chi connectivity index (χ0n) is 9.34. The van der Waals surface area contributed by atoms with Crippen molar-refractivity contribution in [2.24, 2.45) is 0 Å².